The number of hydrogen-bond donors (Lipinski definition) is 5. The molecule has 0 unspecified atom stereocenters. The Morgan fingerprint density at radius 1 is 1.15 bits per heavy atom. The van der Waals surface area contributed by atoms with E-state index in [1.165, 1.54) is 17.3 Å². The van der Waals surface area contributed by atoms with Crippen molar-refractivity contribution in [2.45, 2.75) is 45.8 Å². The number of aliphatic hydroxyl groups is 1. The number of amides is 1. The third-order valence-electron chi connectivity index (χ3n) is 5.54. The molecular formula is C25H31N7O2. The first kappa shape index (κ1) is 23.6. The van der Waals surface area contributed by atoms with Crippen molar-refractivity contribution in [1.82, 2.24) is 25.6 Å². The van der Waals surface area contributed by atoms with Gasteiger partial charge in [0.2, 0.25) is 5.95 Å². The average Bonchev–Trinajstić information content (AvgIpc) is 2.82. The van der Waals surface area contributed by atoms with Gasteiger partial charge in [-0.25, -0.2) is 9.97 Å². The summed E-state index contributed by atoms with van der Waals surface area (Å²) < 4.78 is 0. The number of rotatable bonds is 8. The number of carbonyl (C=O) groups excluding carboxylic acids is 1. The summed E-state index contributed by atoms with van der Waals surface area (Å²) in [6, 6.07) is 11.5. The number of nitrogens with zero attached hydrogens (tertiary/aromatic N) is 3. The van der Waals surface area contributed by atoms with Crippen LogP contribution in [0.2, 0.25) is 0 Å². The van der Waals surface area contributed by atoms with Gasteiger partial charge in [0, 0.05) is 25.0 Å². The van der Waals surface area contributed by atoms with Crippen molar-refractivity contribution < 1.29 is 9.90 Å². The van der Waals surface area contributed by atoms with E-state index in [0.29, 0.717) is 35.4 Å². The molecule has 9 nitrogen and oxygen atoms in total. The molecule has 0 atom stereocenters. The molecule has 1 aliphatic rings. The van der Waals surface area contributed by atoms with Crippen molar-refractivity contribution in [3.63, 3.8) is 0 Å². The highest BCUT2D eigenvalue weighted by Gasteiger charge is 2.20. The molecule has 0 bridgehead atoms. The number of fused-ring (bicyclic) bond motifs is 1. The molecule has 0 saturated carbocycles. The maximum atomic E-state index is 12.8. The standard InChI is InChI=1S/C25H31N7O2/c1-4-11-27-23(33)19-15-28-24(29-18-9-8-16-10-12-26-14-17(16)13-18)32-22(19)31-21-7-5-6-20(30-21)25(2,3)34/h5-9,13,15,26,34H,4,10-12,14H2,1-3H3,(H,27,33)(H2,28,29,30,31,32). The summed E-state index contributed by atoms with van der Waals surface area (Å²) in [7, 11) is 0. The molecule has 3 aromatic rings. The Kier molecular flexibility index (Phi) is 7.04. The summed E-state index contributed by atoms with van der Waals surface area (Å²) in [5.41, 5.74) is 3.18. The number of nitrogens with one attached hydrogen (secondary N) is 4. The predicted octanol–water partition coefficient (Wildman–Crippen LogP) is 3.37. The first-order chi connectivity index (χ1) is 16.3. The molecule has 0 radical (unpaired) electrons. The molecule has 0 aliphatic carbocycles. The Hall–Kier alpha value is -3.56. The maximum absolute atomic E-state index is 12.8. The van der Waals surface area contributed by atoms with Gasteiger partial charge in [0.1, 0.15) is 22.8 Å². The van der Waals surface area contributed by atoms with Crippen molar-refractivity contribution in [2.24, 2.45) is 0 Å². The molecule has 0 fully saturated rings. The summed E-state index contributed by atoms with van der Waals surface area (Å²) in [6.45, 7) is 7.70. The van der Waals surface area contributed by atoms with Crippen LogP contribution in [0.25, 0.3) is 0 Å². The fourth-order valence-electron chi connectivity index (χ4n) is 3.69. The van der Waals surface area contributed by atoms with E-state index < -0.39 is 5.60 Å². The normalized spacial score (nSPS) is 13.2. The van der Waals surface area contributed by atoms with E-state index in [4.69, 9.17) is 0 Å². The first-order valence-corrected chi connectivity index (χ1v) is 11.5. The fourth-order valence-corrected chi connectivity index (χ4v) is 3.69. The van der Waals surface area contributed by atoms with E-state index >= 15 is 0 Å². The number of aromatic nitrogens is 3. The van der Waals surface area contributed by atoms with Crippen molar-refractivity contribution in [3.8, 4) is 0 Å². The summed E-state index contributed by atoms with van der Waals surface area (Å²) >= 11 is 0. The number of hydrogen-bond acceptors (Lipinski definition) is 8. The van der Waals surface area contributed by atoms with Gasteiger partial charge in [0.25, 0.3) is 5.91 Å². The summed E-state index contributed by atoms with van der Waals surface area (Å²) in [5.74, 6) is 0.881. The van der Waals surface area contributed by atoms with Crippen LogP contribution in [0.3, 0.4) is 0 Å². The lowest BCUT2D eigenvalue weighted by atomic mass is 10.0. The number of pyridine rings is 1. The smallest absolute Gasteiger partial charge is 0.256 e. The second-order valence-electron chi connectivity index (χ2n) is 8.84. The molecule has 2 aromatic heterocycles. The van der Waals surface area contributed by atoms with Crippen molar-refractivity contribution in [1.29, 1.82) is 0 Å². The summed E-state index contributed by atoms with van der Waals surface area (Å²) in [6.07, 6.45) is 3.33. The minimum atomic E-state index is -1.10. The Labute approximate surface area is 199 Å². The zero-order chi connectivity index (χ0) is 24.1. The molecule has 0 spiro atoms. The third kappa shape index (κ3) is 5.67. The van der Waals surface area contributed by atoms with Crippen LogP contribution in [-0.2, 0) is 18.6 Å². The van der Waals surface area contributed by atoms with Crippen LogP contribution in [0.1, 0.15) is 54.4 Å². The predicted molar refractivity (Wildman–Crippen MR) is 133 cm³/mol. The zero-order valence-corrected chi connectivity index (χ0v) is 19.8. The van der Waals surface area contributed by atoms with Crippen molar-refractivity contribution >= 4 is 29.2 Å². The Morgan fingerprint density at radius 2 is 2.00 bits per heavy atom. The summed E-state index contributed by atoms with van der Waals surface area (Å²) in [4.78, 5) is 26.2. The van der Waals surface area contributed by atoms with Crippen LogP contribution < -0.4 is 21.3 Å². The van der Waals surface area contributed by atoms with E-state index in [9.17, 15) is 9.90 Å². The van der Waals surface area contributed by atoms with Gasteiger partial charge >= 0.3 is 0 Å². The molecule has 4 rings (SSSR count). The number of anilines is 4. The molecule has 1 amide bonds. The highest BCUT2D eigenvalue weighted by atomic mass is 16.3. The fraction of sp³-hybridized carbons (Fsp3) is 0.360. The molecule has 178 valence electrons. The number of benzene rings is 1. The zero-order valence-electron chi connectivity index (χ0n) is 19.8. The van der Waals surface area contributed by atoms with Crippen molar-refractivity contribution in [3.05, 3.63) is 65.0 Å². The monoisotopic (exact) mass is 461 g/mol. The molecule has 9 heteroatoms. The molecular weight excluding hydrogens is 430 g/mol. The highest BCUT2D eigenvalue weighted by Crippen LogP contribution is 2.25. The van der Waals surface area contributed by atoms with Crippen LogP contribution in [0, 0.1) is 0 Å². The Balaban J connectivity index is 1.64. The van der Waals surface area contributed by atoms with E-state index in [2.05, 4.69) is 48.4 Å². The Bertz CT molecular complexity index is 1170. The minimum absolute atomic E-state index is 0.269. The second-order valence-corrected chi connectivity index (χ2v) is 8.84. The van der Waals surface area contributed by atoms with Crippen LogP contribution in [0.5, 0.6) is 0 Å². The van der Waals surface area contributed by atoms with Gasteiger partial charge in [-0.2, -0.15) is 4.98 Å². The first-order valence-electron chi connectivity index (χ1n) is 11.5. The molecule has 1 aromatic carbocycles. The summed E-state index contributed by atoms with van der Waals surface area (Å²) in [5, 5.41) is 22.9. The molecule has 3 heterocycles. The maximum Gasteiger partial charge on any atom is 0.256 e. The van der Waals surface area contributed by atoms with Crippen molar-refractivity contribution in [2.75, 3.05) is 23.7 Å². The van der Waals surface area contributed by atoms with E-state index in [-0.39, 0.29) is 5.91 Å². The second kappa shape index (κ2) is 10.1. The molecule has 1 aliphatic heterocycles. The largest absolute Gasteiger partial charge is 0.384 e. The lowest BCUT2D eigenvalue weighted by Gasteiger charge is -2.19. The quantitative estimate of drug-likeness (QED) is 0.346. The molecule has 34 heavy (non-hydrogen) atoms. The van der Waals surface area contributed by atoms with Crippen LogP contribution in [0.15, 0.2) is 42.6 Å². The van der Waals surface area contributed by atoms with Gasteiger partial charge < -0.3 is 26.4 Å². The Morgan fingerprint density at radius 3 is 2.79 bits per heavy atom. The van der Waals surface area contributed by atoms with E-state index in [0.717, 1.165) is 31.6 Å². The SMILES string of the molecule is CCCNC(=O)c1cnc(Nc2ccc3c(c2)CNCC3)nc1Nc1cccc(C(C)(C)O)n1. The van der Waals surface area contributed by atoms with Gasteiger partial charge in [0.05, 0.1) is 5.69 Å². The lowest BCUT2D eigenvalue weighted by molar-refractivity contribution is 0.0740. The number of carbonyl (C=O) groups is 1. The highest BCUT2D eigenvalue weighted by molar-refractivity contribution is 5.99. The third-order valence-corrected chi connectivity index (χ3v) is 5.54. The van der Waals surface area contributed by atoms with Crippen LogP contribution in [0.4, 0.5) is 23.3 Å². The lowest BCUT2D eigenvalue weighted by Crippen LogP contribution is -2.25. The van der Waals surface area contributed by atoms with Gasteiger partial charge in [0.15, 0.2) is 0 Å². The molecule has 5 N–H and O–H groups in total. The molecule has 0 saturated heterocycles. The van der Waals surface area contributed by atoms with Gasteiger partial charge in [-0.15, -0.1) is 0 Å². The van der Waals surface area contributed by atoms with E-state index in [1.807, 2.05) is 13.0 Å². The van der Waals surface area contributed by atoms with Crippen LogP contribution in [-0.4, -0.2) is 39.1 Å². The van der Waals surface area contributed by atoms with E-state index in [1.54, 1.807) is 32.0 Å². The minimum Gasteiger partial charge on any atom is -0.384 e. The van der Waals surface area contributed by atoms with Gasteiger partial charge in [-0.1, -0.05) is 19.1 Å². The van der Waals surface area contributed by atoms with Crippen LogP contribution >= 0.6 is 0 Å². The topological polar surface area (TPSA) is 124 Å². The van der Waals surface area contributed by atoms with Gasteiger partial charge in [-0.05, 0) is 68.6 Å². The van der Waals surface area contributed by atoms with Gasteiger partial charge in [-0.3, -0.25) is 4.79 Å². The average molecular weight is 462 g/mol.